The van der Waals surface area contributed by atoms with Crippen LogP contribution < -0.4 is 16.7 Å². The maximum atomic E-state index is 14.2. The van der Waals surface area contributed by atoms with E-state index in [0.29, 0.717) is 40.0 Å². The zero-order valence-corrected chi connectivity index (χ0v) is 19.9. The van der Waals surface area contributed by atoms with Gasteiger partial charge < -0.3 is 20.6 Å². The van der Waals surface area contributed by atoms with Gasteiger partial charge in [-0.3, -0.25) is 0 Å². The van der Waals surface area contributed by atoms with Crippen LogP contribution in [0.2, 0.25) is 0 Å². The van der Waals surface area contributed by atoms with Crippen LogP contribution in [0, 0.1) is 5.82 Å². The van der Waals surface area contributed by atoms with Crippen molar-refractivity contribution in [1.29, 1.82) is 0 Å². The number of hydrogen-bond acceptors (Lipinski definition) is 8. The molecule has 1 aliphatic rings. The number of phenols is 1. The van der Waals surface area contributed by atoms with Crippen LogP contribution in [0.1, 0.15) is 30.7 Å². The molecule has 10 heteroatoms. The molecule has 2 aromatic carbocycles. The molecule has 0 aliphatic carbocycles. The first-order valence-electron chi connectivity index (χ1n) is 11.9. The minimum absolute atomic E-state index is 0.154. The Morgan fingerprint density at radius 1 is 1.19 bits per heavy atom. The standard InChI is InChI=1S/C27H23FN6O3/c1-14(24-21(15-5-4-8-30-12-15)19-6-2-3-7-20(19)27(36)37-24)34-26-22(25(29)31-13-32-26)23(33-34)16-9-17(28)11-18(35)10-16/h2-3,5-7,9-11,13-14,30,35H,4,8,12H2,1H3,(H2,29,31,32). The molecule has 186 valence electrons. The highest BCUT2D eigenvalue weighted by molar-refractivity contribution is 5.99. The predicted molar refractivity (Wildman–Crippen MR) is 139 cm³/mol. The molecule has 0 fully saturated rings. The Morgan fingerprint density at radius 3 is 2.76 bits per heavy atom. The molecule has 9 nitrogen and oxygen atoms in total. The summed E-state index contributed by atoms with van der Waals surface area (Å²) in [4.78, 5) is 21.6. The SMILES string of the molecule is CC(c1oc(=O)c2ccccc2c1C1=CCCNC1)n1nc(-c2cc(O)cc(F)c2)c2c(N)ncnc21. The van der Waals surface area contributed by atoms with Crippen LogP contribution in [0.25, 0.3) is 38.6 Å². The molecule has 4 N–H and O–H groups in total. The van der Waals surface area contributed by atoms with E-state index in [9.17, 15) is 14.3 Å². The molecule has 6 rings (SSSR count). The van der Waals surface area contributed by atoms with E-state index in [-0.39, 0.29) is 11.6 Å². The number of phenolic OH excluding ortho intramolecular Hbond substituents is 1. The van der Waals surface area contributed by atoms with Gasteiger partial charge in [0.15, 0.2) is 5.65 Å². The second-order valence-electron chi connectivity index (χ2n) is 8.99. The highest BCUT2D eigenvalue weighted by atomic mass is 19.1. The maximum Gasteiger partial charge on any atom is 0.343 e. The average molecular weight is 499 g/mol. The summed E-state index contributed by atoms with van der Waals surface area (Å²) in [7, 11) is 0. The fraction of sp³-hybridized carbons (Fsp3) is 0.185. The average Bonchev–Trinajstić information content (AvgIpc) is 3.29. The number of halogens is 1. The number of aromatic hydroxyl groups is 1. The van der Waals surface area contributed by atoms with E-state index in [1.54, 1.807) is 16.8 Å². The topological polar surface area (TPSA) is 132 Å². The van der Waals surface area contributed by atoms with E-state index in [2.05, 4.69) is 21.4 Å². The Bertz CT molecular complexity index is 1750. The number of anilines is 1. The van der Waals surface area contributed by atoms with Gasteiger partial charge >= 0.3 is 5.63 Å². The summed E-state index contributed by atoms with van der Waals surface area (Å²) in [6, 6.07) is 10.4. The molecule has 0 radical (unpaired) electrons. The van der Waals surface area contributed by atoms with Gasteiger partial charge in [0.05, 0.1) is 10.8 Å². The van der Waals surface area contributed by atoms with Crippen molar-refractivity contribution in [2.24, 2.45) is 0 Å². The number of nitrogens with zero attached hydrogens (tertiary/aromatic N) is 4. The number of nitrogens with two attached hydrogens (primary N) is 1. The lowest BCUT2D eigenvalue weighted by molar-refractivity contribution is 0.401. The zero-order valence-electron chi connectivity index (χ0n) is 19.9. The normalized spacial score (nSPS) is 14.7. The second-order valence-corrected chi connectivity index (χ2v) is 8.99. The van der Waals surface area contributed by atoms with E-state index in [1.165, 1.54) is 18.5 Å². The molecule has 1 unspecified atom stereocenters. The first-order chi connectivity index (χ1) is 17.9. The Morgan fingerprint density at radius 2 is 2.00 bits per heavy atom. The van der Waals surface area contributed by atoms with Gasteiger partial charge in [0, 0.05) is 23.7 Å². The number of fused-ring (bicyclic) bond motifs is 2. The van der Waals surface area contributed by atoms with Crippen LogP contribution in [0.4, 0.5) is 10.2 Å². The molecule has 3 aromatic heterocycles. The summed E-state index contributed by atoms with van der Waals surface area (Å²) in [6.45, 7) is 3.35. The van der Waals surface area contributed by atoms with Gasteiger partial charge in [-0.25, -0.2) is 23.8 Å². The van der Waals surface area contributed by atoms with Gasteiger partial charge in [-0.15, -0.1) is 0 Å². The van der Waals surface area contributed by atoms with Crippen LogP contribution in [0.15, 0.2) is 64.1 Å². The molecule has 1 aliphatic heterocycles. The minimum Gasteiger partial charge on any atom is -0.508 e. The lowest BCUT2D eigenvalue weighted by Crippen LogP contribution is -2.23. The Kier molecular flexibility index (Phi) is 5.45. The molecule has 4 heterocycles. The highest BCUT2D eigenvalue weighted by Gasteiger charge is 2.27. The van der Waals surface area contributed by atoms with Crippen LogP contribution in [0.3, 0.4) is 0 Å². The fourth-order valence-corrected chi connectivity index (χ4v) is 4.97. The summed E-state index contributed by atoms with van der Waals surface area (Å²) >= 11 is 0. The third-order valence-corrected chi connectivity index (χ3v) is 6.63. The van der Waals surface area contributed by atoms with Gasteiger partial charge in [0.2, 0.25) is 0 Å². The Hall–Kier alpha value is -4.57. The number of nitrogen functional groups attached to an aromatic ring is 1. The number of aromatic nitrogens is 4. The van der Waals surface area contributed by atoms with Gasteiger partial charge in [-0.2, -0.15) is 5.10 Å². The summed E-state index contributed by atoms with van der Waals surface area (Å²) in [6.07, 6.45) is 4.32. The van der Waals surface area contributed by atoms with Crippen molar-refractivity contribution in [3.63, 3.8) is 0 Å². The maximum absolute atomic E-state index is 14.2. The van der Waals surface area contributed by atoms with Gasteiger partial charge in [0.1, 0.15) is 41.2 Å². The number of hydrogen-bond donors (Lipinski definition) is 3. The number of benzene rings is 2. The largest absolute Gasteiger partial charge is 0.508 e. The lowest BCUT2D eigenvalue weighted by atomic mass is 9.94. The molecule has 0 saturated heterocycles. The monoisotopic (exact) mass is 498 g/mol. The Balaban J connectivity index is 1.63. The summed E-state index contributed by atoms with van der Waals surface area (Å²) in [5.41, 5.74) is 8.61. The number of rotatable bonds is 4. The first kappa shape index (κ1) is 22.9. The molecular formula is C27H23FN6O3. The fourth-order valence-electron chi connectivity index (χ4n) is 4.97. The van der Waals surface area contributed by atoms with E-state index in [1.807, 2.05) is 19.1 Å². The van der Waals surface area contributed by atoms with Crippen molar-refractivity contribution in [2.45, 2.75) is 19.4 Å². The highest BCUT2D eigenvalue weighted by Crippen LogP contribution is 2.37. The van der Waals surface area contributed by atoms with E-state index < -0.39 is 17.5 Å². The molecule has 1 atom stereocenters. The first-order valence-corrected chi connectivity index (χ1v) is 11.9. The molecule has 0 spiro atoms. The lowest BCUT2D eigenvalue weighted by Gasteiger charge is -2.21. The van der Waals surface area contributed by atoms with Crippen molar-refractivity contribution in [3.8, 4) is 17.0 Å². The molecule has 5 aromatic rings. The van der Waals surface area contributed by atoms with Crippen LogP contribution in [-0.2, 0) is 0 Å². The zero-order chi connectivity index (χ0) is 25.7. The summed E-state index contributed by atoms with van der Waals surface area (Å²) in [5, 5.41) is 19.8. The van der Waals surface area contributed by atoms with Crippen molar-refractivity contribution < 1.29 is 13.9 Å². The van der Waals surface area contributed by atoms with Crippen molar-refractivity contribution in [1.82, 2.24) is 25.1 Å². The molecule has 0 amide bonds. The van der Waals surface area contributed by atoms with E-state index >= 15 is 0 Å². The molecule has 0 bridgehead atoms. The van der Waals surface area contributed by atoms with Crippen molar-refractivity contribution in [2.75, 3.05) is 18.8 Å². The Labute approximate surface area is 210 Å². The third kappa shape index (κ3) is 3.82. The quantitative estimate of drug-likeness (QED) is 0.339. The second kappa shape index (κ2) is 8.82. The minimum atomic E-state index is -0.624. The third-order valence-electron chi connectivity index (χ3n) is 6.63. The van der Waals surface area contributed by atoms with Crippen molar-refractivity contribution >= 4 is 33.2 Å². The van der Waals surface area contributed by atoms with Gasteiger partial charge in [-0.05, 0) is 49.0 Å². The van der Waals surface area contributed by atoms with Crippen LogP contribution >= 0.6 is 0 Å². The predicted octanol–water partition coefficient (Wildman–Crippen LogP) is 4.01. The molecule has 37 heavy (non-hydrogen) atoms. The number of nitrogens with one attached hydrogen (secondary N) is 1. The van der Waals surface area contributed by atoms with Crippen molar-refractivity contribution in [3.05, 3.63) is 82.4 Å². The smallest absolute Gasteiger partial charge is 0.343 e. The van der Waals surface area contributed by atoms with E-state index in [0.717, 1.165) is 35.6 Å². The van der Waals surface area contributed by atoms with Gasteiger partial charge in [-0.1, -0.05) is 24.3 Å². The van der Waals surface area contributed by atoms with E-state index in [4.69, 9.17) is 15.2 Å². The molecular weight excluding hydrogens is 475 g/mol. The summed E-state index contributed by atoms with van der Waals surface area (Å²) in [5.74, 6) is -0.295. The molecule has 0 saturated carbocycles. The van der Waals surface area contributed by atoms with Crippen LogP contribution in [-0.4, -0.2) is 37.9 Å². The summed E-state index contributed by atoms with van der Waals surface area (Å²) < 4.78 is 21.7. The van der Waals surface area contributed by atoms with Crippen LogP contribution in [0.5, 0.6) is 5.75 Å². The van der Waals surface area contributed by atoms with Gasteiger partial charge in [0.25, 0.3) is 0 Å².